The molecule has 0 aliphatic heterocycles. The number of likely N-dealkylation sites (N-methyl/N-ethyl adjacent to an activating group) is 1. The number of hydrogen-bond acceptors (Lipinski definition) is 7. The van der Waals surface area contributed by atoms with Crippen LogP contribution < -0.4 is 23.8 Å². The smallest absolute Gasteiger partial charge is 0.264 e. The fourth-order valence-corrected chi connectivity index (χ4v) is 5.77. The third-order valence-electron chi connectivity index (χ3n) is 6.69. The summed E-state index contributed by atoms with van der Waals surface area (Å²) in [4.78, 5) is 28.3. The molecule has 2 amide bonds. The van der Waals surface area contributed by atoms with Crippen LogP contribution in [0.5, 0.6) is 17.2 Å². The lowest BCUT2D eigenvalue weighted by molar-refractivity contribution is -0.140. The number of hydrogen-bond donors (Lipinski definition) is 1. The zero-order chi connectivity index (χ0) is 30.2. The summed E-state index contributed by atoms with van der Waals surface area (Å²) in [6.45, 7) is 3.17. The minimum absolute atomic E-state index is 0.0192. The third kappa shape index (κ3) is 7.29. The van der Waals surface area contributed by atoms with E-state index in [1.165, 1.54) is 44.4 Å². The van der Waals surface area contributed by atoms with Gasteiger partial charge in [-0.25, -0.2) is 8.42 Å². The van der Waals surface area contributed by atoms with Gasteiger partial charge in [-0.1, -0.05) is 36.8 Å². The number of carbonyl (C=O) groups excluding carboxylic acids is 2. The van der Waals surface area contributed by atoms with Crippen LogP contribution in [0.15, 0.2) is 71.6 Å². The van der Waals surface area contributed by atoms with Crippen LogP contribution in [0.25, 0.3) is 0 Å². The van der Waals surface area contributed by atoms with Crippen molar-refractivity contribution in [3.05, 3.63) is 77.9 Å². The molecule has 41 heavy (non-hydrogen) atoms. The van der Waals surface area contributed by atoms with E-state index in [9.17, 15) is 18.0 Å². The molecule has 0 aromatic heterocycles. The Morgan fingerprint density at radius 3 is 2.05 bits per heavy atom. The summed E-state index contributed by atoms with van der Waals surface area (Å²) in [6.07, 6.45) is 0.322. The number of methoxy groups -OCH3 is 3. The molecule has 0 bridgehead atoms. The molecule has 220 valence electrons. The van der Waals surface area contributed by atoms with E-state index in [0.29, 0.717) is 23.7 Å². The number of anilines is 1. The zero-order valence-corrected chi connectivity index (χ0v) is 25.0. The van der Waals surface area contributed by atoms with Crippen LogP contribution >= 0.6 is 0 Å². The summed E-state index contributed by atoms with van der Waals surface area (Å²) in [5, 5.41) is 2.61. The van der Waals surface area contributed by atoms with Crippen molar-refractivity contribution in [2.24, 2.45) is 0 Å². The van der Waals surface area contributed by atoms with Gasteiger partial charge in [0.1, 0.15) is 18.3 Å². The quantitative estimate of drug-likeness (QED) is 0.326. The Morgan fingerprint density at radius 2 is 1.51 bits per heavy atom. The molecule has 0 aliphatic carbocycles. The molecule has 1 atom stereocenters. The molecular formula is C30H37N3O7S. The number of nitrogens with zero attached hydrogens (tertiary/aromatic N) is 2. The van der Waals surface area contributed by atoms with Crippen LogP contribution in [0.1, 0.15) is 24.5 Å². The van der Waals surface area contributed by atoms with Gasteiger partial charge in [-0.05, 0) is 55.3 Å². The van der Waals surface area contributed by atoms with Crippen LogP contribution in [-0.2, 0) is 26.2 Å². The number of aryl methyl sites for hydroxylation is 1. The van der Waals surface area contributed by atoms with Crippen LogP contribution in [-0.4, -0.2) is 66.1 Å². The number of benzene rings is 3. The van der Waals surface area contributed by atoms with Crippen molar-refractivity contribution in [3.8, 4) is 17.2 Å². The Kier molecular flexibility index (Phi) is 10.6. The lowest BCUT2D eigenvalue weighted by atomic mass is 10.1. The van der Waals surface area contributed by atoms with Crippen molar-refractivity contribution in [1.29, 1.82) is 0 Å². The molecule has 0 fully saturated rings. The highest BCUT2D eigenvalue weighted by molar-refractivity contribution is 7.92. The van der Waals surface area contributed by atoms with E-state index >= 15 is 0 Å². The van der Waals surface area contributed by atoms with E-state index in [-0.39, 0.29) is 23.0 Å². The van der Waals surface area contributed by atoms with Gasteiger partial charge in [0.05, 0.1) is 31.9 Å². The second kappa shape index (κ2) is 13.9. The molecule has 1 N–H and O–H groups in total. The van der Waals surface area contributed by atoms with Gasteiger partial charge >= 0.3 is 0 Å². The van der Waals surface area contributed by atoms with Gasteiger partial charge in [0.2, 0.25) is 11.8 Å². The van der Waals surface area contributed by atoms with Crippen molar-refractivity contribution in [2.45, 2.75) is 37.8 Å². The number of carbonyl (C=O) groups is 2. The molecule has 1 unspecified atom stereocenters. The first kappa shape index (κ1) is 31.3. The Labute approximate surface area is 241 Å². The minimum atomic E-state index is -4.21. The maximum absolute atomic E-state index is 14.0. The fourth-order valence-electron chi connectivity index (χ4n) is 4.36. The van der Waals surface area contributed by atoms with Crippen LogP contribution in [0.2, 0.25) is 0 Å². The highest BCUT2D eigenvalue weighted by atomic mass is 32.2. The van der Waals surface area contributed by atoms with E-state index < -0.39 is 28.5 Å². The van der Waals surface area contributed by atoms with Gasteiger partial charge < -0.3 is 24.4 Å². The van der Waals surface area contributed by atoms with Crippen LogP contribution in [0.3, 0.4) is 0 Å². The summed E-state index contributed by atoms with van der Waals surface area (Å²) in [5.41, 5.74) is 1.84. The summed E-state index contributed by atoms with van der Waals surface area (Å²) in [6, 6.07) is 17.3. The molecule has 3 aromatic rings. The molecular weight excluding hydrogens is 546 g/mol. The maximum atomic E-state index is 14.0. The van der Waals surface area contributed by atoms with Crippen molar-refractivity contribution in [1.82, 2.24) is 10.2 Å². The summed E-state index contributed by atoms with van der Waals surface area (Å²) in [7, 11) is 1.76. The van der Waals surface area contributed by atoms with E-state index in [1.54, 1.807) is 62.6 Å². The maximum Gasteiger partial charge on any atom is 0.264 e. The molecule has 0 saturated carbocycles. The number of sulfonamides is 1. The number of nitrogens with one attached hydrogen (secondary N) is 1. The molecule has 0 heterocycles. The first-order chi connectivity index (χ1) is 19.6. The van der Waals surface area contributed by atoms with Crippen molar-refractivity contribution in [2.75, 3.05) is 39.2 Å². The average Bonchev–Trinajstić information content (AvgIpc) is 2.99. The summed E-state index contributed by atoms with van der Waals surface area (Å²) in [5.74, 6) is 0.444. The molecule has 0 aliphatic rings. The minimum Gasteiger partial charge on any atom is -0.497 e. The Morgan fingerprint density at radius 1 is 0.878 bits per heavy atom. The fraction of sp³-hybridized carbons (Fsp3) is 0.333. The SMILES string of the molecule is CCC(C(=O)NC)N(Cc1ccc(OC)cc1)C(=O)CN(c1ccc(OC)c(OC)c1)S(=O)(=O)c1ccc(C)cc1. The van der Waals surface area contributed by atoms with E-state index in [2.05, 4.69) is 5.32 Å². The van der Waals surface area contributed by atoms with E-state index in [1.807, 2.05) is 6.92 Å². The Hall–Kier alpha value is -4.25. The van der Waals surface area contributed by atoms with Crippen LogP contribution in [0.4, 0.5) is 5.69 Å². The molecule has 10 nitrogen and oxygen atoms in total. The lowest BCUT2D eigenvalue weighted by Crippen LogP contribution is -2.51. The zero-order valence-electron chi connectivity index (χ0n) is 24.2. The summed E-state index contributed by atoms with van der Waals surface area (Å²) < 4.78 is 45.0. The Bertz CT molecular complexity index is 1440. The number of amides is 2. The number of rotatable bonds is 13. The van der Waals surface area contributed by atoms with Crippen molar-refractivity contribution >= 4 is 27.5 Å². The number of ether oxygens (including phenoxy) is 3. The lowest BCUT2D eigenvalue weighted by Gasteiger charge is -2.33. The first-order valence-corrected chi connectivity index (χ1v) is 14.5. The second-order valence-corrected chi connectivity index (χ2v) is 11.1. The predicted octanol–water partition coefficient (Wildman–Crippen LogP) is 3.77. The van der Waals surface area contributed by atoms with Gasteiger partial charge in [0, 0.05) is 19.7 Å². The van der Waals surface area contributed by atoms with Crippen molar-refractivity contribution < 1.29 is 32.2 Å². The Balaban J connectivity index is 2.10. The highest BCUT2D eigenvalue weighted by Gasteiger charge is 2.33. The van der Waals surface area contributed by atoms with Crippen molar-refractivity contribution in [3.63, 3.8) is 0 Å². The highest BCUT2D eigenvalue weighted by Crippen LogP contribution is 2.34. The largest absolute Gasteiger partial charge is 0.497 e. The monoisotopic (exact) mass is 583 g/mol. The van der Waals surface area contributed by atoms with E-state index in [4.69, 9.17) is 14.2 Å². The molecule has 0 radical (unpaired) electrons. The molecule has 3 rings (SSSR count). The first-order valence-electron chi connectivity index (χ1n) is 13.0. The van der Waals surface area contributed by atoms with E-state index in [0.717, 1.165) is 15.4 Å². The average molecular weight is 584 g/mol. The second-order valence-electron chi connectivity index (χ2n) is 9.27. The summed E-state index contributed by atoms with van der Waals surface area (Å²) >= 11 is 0. The molecule has 0 spiro atoms. The van der Waals surface area contributed by atoms with Gasteiger partial charge in [0.15, 0.2) is 11.5 Å². The third-order valence-corrected chi connectivity index (χ3v) is 8.48. The molecule has 3 aromatic carbocycles. The standard InChI is InChI=1S/C30H37N3O7S/c1-7-26(30(35)31-3)32(19-22-10-13-24(38-4)14-11-22)29(34)20-33(23-12-17-27(39-5)28(18-23)40-6)41(36,37)25-15-8-21(2)9-16-25/h8-18,26H,7,19-20H2,1-6H3,(H,31,35). The molecule has 0 saturated heterocycles. The normalized spacial score (nSPS) is 11.8. The van der Waals surface area contributed by atoms with Gasteiger partial charge in [-0.2, -0.15) is 0 Å². The molecule has 11 heteroatoms. The van der Waals surface area contributed by atoms with Gasteiger partial charge in [-0.15, -0.1) is 0 Å². The van der Waals surface area contributed by atoms with Crippen LogP contribution in [0, 0.1) is 6.92 Å². The topological polar surface area (TPSA) is 114 Å². The van der Waals surface area contributed by atoms with Gasteiger partial charge in [-0.3, -0.25) is 13.9 Å². The predicted molar refractivity (Wildman–Crippen MR) is 157 cm³/mol. The van der Waals surface area contributed by atoms with Gasteiger partial charge in [0.25, 0.3) is 10.0 Å².